The molecule has 5 rings (SSSR count). The predicted molar refractivity (Wildman–Crippen MR) is 165 cm³/mol. The molecule has 6 atom stereocenters. The van der Waals surface area contributed by atoms with Crippen molar-refractivity contribution in [3.8, 4) is 5.75 Å². The summed E-state index contributed by atoms with van der Waals surface area (Å²) in [5.74, 6) is -7.28. The van der Waals surface area contributed by atoms with E-state index in [0.717, 1.165) is 18.1 Å². The van der Waals surface area contributed by atoms with Crippen molar-refractivity contribution in [3.05, 3.63) is 81.6 Å². The molecule has 0 aliphatic heterocycles. The Morgan fingerprint density at radius 2 is 1.57 bits per heavy atom. The molecule has 2 aromatic rings. The predicted octanol–water partition coefficient (Wildman–Crippen LogP) is 5.24. The number of phenolic OH excluding ortho intramolecular Hbond substituents is 1. The van der Waals surface area contributed by atoms with E-state index in [9.17, 15) is 39.9 Å². The Kier molecular flexibility index (Phi) is 7.11. The Morgan fingerprint density at radius 1 is 0.977 bits per heavy atom. The molecule has 0 heterocycles. The summed E-state index contributed by atoms with van der Waals surface area (Å²) >= 11 is 0. The zero-order valence-electron chi connectivity index (χ0n) is 26.5. The second-order valence-electron chi connectivity index (χ2n) is 14.5. The Bertz CT molecular complexity index is 1660. The number of Topliss-reactive ketones (excluding diaryl/α,β-unsaturated/α-hetero) is 3. The molecule has 5 N–H and O–H groups in total. The van der Waals surface area contributed by atoms with E-state index in [1.807, 2.05) is 24.3 Å². The van der Waals surface area contributed by atoms with Crippen LogP contribution in [0, 0.1) is 22.7 Å². The normalized spacial score (nSPS) is 32.0. The number of phenols is 1. The van der Waals surface area contributed by atoms with Crippen LogP contribution in [0.25, 0.3) is 5.76 Å². The summed E-state index contributed by atoms with van der Waals surface area (Å²) in [4.78, 5) is 41.2. The maximum Gasteiger partial charge on any atom is 0.203 e. The molecule has 0 saturated heterocycles. The molecule has 0 aromatic heterocycles. The summed E-state index contributed by atoms with van der Waals surface area (Å²) in [7, 11) is 0. The number of carbonyl (C=O) groups excluding carboxylic acids is 3. The van der Waals surface area contributed by atoms with Crippen LogP contribution in [0.1, 0.15) is 83.6 Å². The molecular weight excluding hydrogens is 560 g/mol. The highest BCUT2D eigenvalue weighted by molar-refractivity contribution is 6.24. The van der Waals surface area contributed by atoms with E-state index in [2.05, 4.69) is 20.8 Å². The number of fused-ring (bicyclic) bond motifs is 3. The van der Waals surface area contributed by atoms with E-state index in [0.29, 0.717) is 5.56 Å². The average Bonchev–Trinajstić information content (AvgIpc) is 2.92. The first-order chi connectivity index (χ1) is 20.3. The van der Waals surface area contributed by atoms with Crippen molar-refractivity contribution >= 4 is 23.1 Å². The fourth-order valence-corrected chi connectivity index (χ4v) is 8.43. The van der Waals surface area contributed by atoms with Crippen LogP contribution in [0.15, 0.2) is 59.4 Å². The molecule has 3 aliphatic rings. The van der Waals surface area contributed by atoms with Crippen molar-refractivity contribution in [1.82, 2.24) is 0 Å². The Balaban J connectivity index is 1.84. The van der Waals surface area contributed by atoms with Gasteiger partial charge in [0.1, 0.15) is 22.8 Å². The zero-order chi connectivity index (χ0) is 32.9. The maximum absolute atomic E-state index is 14.7. The third-order valence-electron chi connectivity index (χ3n) is 10.7. The number of hydrogen-bond acceptors (Lipinski definition) is 8. The van der Waals surface area contributed by atoms with E-state index in [1.165, 1.54) is 13.0 Å². The van der Waals surface area contributed by atoms with Crippen LogP contribution in [0.4, 0.5) is 0 Å². The van der Waals surface area contributed by atoms with Crippen LogP contribution < -0.4 is 0 Å². The quantitative estimate of drug-likeness (QED) is 0.298. The van der Waals surface area contributed by atoms with Crippen LogP contribution in [0.3, 0.4) is 0 Å². The van der Waals surface area contributed by atoms with Gasteiger partial charge in [0.15, 0.2) is 17.2 Å². The van der Waals surface area contributed by atoms with Gasteiger partial charge >= 0.3 is 0 Å². The number of aromatic hydroxyl groups is 1. The van der Waals surface area contributed by atoms with Crippen molar-refractivity contribution < 1.29 is 39.9 Å². The van der Waals surface area contributed by atoms with E-state index in [1.54, 1.807) is 32.9 Å². The first-order valence-electron chi connectivity index (χ1n) is 15.1. The number of rotatable bonds is 4. The minimum absolute atomic E-state index is 0.00778. The van der Waals surface area contributed by atoms with Gasteiger partial charge in [-0.25, -0.2) is 0 Å². The van der Waals surface area contributed by atoms with Gasteiger partial charge in [0.2, 0.25) is 5.78 Å². The SMILES string of the molecule is CC(=O)C1=C(O)[C@]2(O)C(=O)C3=C(O)c4c(O)cccc4[C@@H](Cc4ccc(C(C)(C)C)cc4)[C@]3(C)[C@@H](O)[C@]2(C)C(C(C)C)C1=O. The second-order valence-corrected chi connectivity index (χ2v) is 14.5. The van der Waals surface area contributed by atoms with Crippen LogP contribution in [0.5, 0.6) is 5.75 Å². The van der Waals surface area contributed by atoms with E-state index < -0.39 is 74.7 Å². The molecule has 0 radical (unpaired) electrons. The van der Waals surface area contributed by atoms with Crippen LogP contribution in [-0.2, 0) is 26.2 Å². The number of aliphatic hydroxyl groups is 4. The Hall–Kier alpha value is -3.75. The van der Waals surface area contributed by atoms with Crippen molar-refractivity contribution in [1.29, 1.82) is 0 Å². The lowest BCUT2D eigenvalue weighted by Crippen LogP contribution is -2.75. The Morgan fingerprint density at radius 3 is 2.09 bits per heavy atom. The summed E-state index contributed by atoms with van der Waals surface area (Å²) in [6.07, 6.45) is -1.41. The van der Waals surface area contributed by atoms with Gasteiger partial charge in [0, 0.05) is 22.7 Å². The molecule has 0 bridgehead atoms. The molecule has 0 amide bonds. The second kappa shape index (κ2) is 9.88. The summed E-state index contributed by atoms with van der Waals surface area (Å²) in [5.41, 5.74) is -5.22. The van der Waals surface area contributed by atoms with Gasteiger partial charge in [-0.3, -0.25) is 14.4 Å². The molecule has 8 nitrogen and oxygen atoms in total. The minimum atomic E-state index is -2.92. The number of allylic oxidation sites excluding steroid dienone is 1. The van der Waals surface area contributed by atoms with Crippen LogP contribution >= 0.6 is 0 Å². The minimum Gasteiger partial charge on any atom is -0.508 e. The summed E-state index contributed by atoms with van der Waals surface area (Å²) in [6.45, 7) is 13.8. The molecule has 234 valence electrons. The molecule has 1 fully saturated rings. The van der Waals surface area contributed by atoms with Gasteiger partial charge in [-0.2, -0.15) is 0 Å². The van der Waals surface area contributed by atoms with Gasteiger partial charge in [-0.1, -0.05) is 84.9 Å². The summed E-state index contributed by atoms with van der Waals surface area (Å²) in [5, 5.41) is 59.1. The third kappa shape index (κ3) is 3.86. The zero-order valence-corrected chi connectivity index (χ0v) is 26.5. The van der Waals surface area contributed by atoms with Crippen molar-refractivity contribution in [2.75, 3.05) is 0 Å². The number of carbonyl (C=O) groups is 3. The number of benzene rings is 2. The van der Waals surface area contributed by atoms with Crippen molar-refractivity contribution in [3.63, 3.8) is 0 Å². The topological polar surface area (TPSA) is 152 Å². The fraction of sp³-hybridized carbons (Fsp3) is 0.472. The smallest absolute Gasteiger partial charge is 0.203 e. The molecule has 0 spiro atoms. The van der Waals surface area contributed by atoms with Gasteiger partial charge in [0.25, 0.3) is 0 Å². The lowest BCUT2D eigenvalue weighted by molar-refractivity contribution is -0.216. The highest BCUT2D eigenvalue weighted by Crippen LogP contribution is 2.68. The Labute approximate surface area is 257 Å². The molecular formula is C36H42O8. The average molecular weight is 603 g/mol. The van der Waals surface area contributed by atoms with Gasteiger partial charge < -0.3 is 25.5 Å². The van der Waals surface area contributed by atoms with Crippen molar-refractivity contribution in [2.24, 2.45) is 22.7 Å². The van der Waals surface area contributed by atoms with E-state index in [-0.39, 0.29) is 28.7 Å². The number of aliphatic hydroxyl groups excluding tert-OH is 3. The molecule has 44 heavy (non-hydrogen) atoms. The molecule has 1 saturated carbocycles. The highest BCUT2D eigenvalue weighted by atomic mass is 16.4. The highest BCUT2D eigenvalue weighted by Gasteiger charge is 2.77. The van der Waals surface area contributed by atoms with Crippen LogP contribution in [-0.4, -0.2) is 54.6 Å². The van der Waals surface area contributed by atoms with Crippen LogP contribution in [0.2, 0.25) is 0 Å². The lowest BCUT2D eigenvalue weighted by atomic mass is 9.40. The lowest BCUT2D eigenvalue weighted by Gasteiger charge is -2.64. The summed E-state index contributed by atoms with van der Waals surface area (Å²) < 4.78 is 0. The molecule has 3 aliphatic carbocycles. The number of hydrogen-bond donors (Lipinski definition) is 5. The van der Waals surface area contributed by atoms with Crippen molar-refractivity contribution in [2.45, 2.75) is 84.8 Å². The summed E-state index contributed by atoms with van der Waals surface area (Å²) in [6, 6.07) is 12.7. The molecule has 2 aromatic carbocycles. The molecule has 1 unspecified atom stereocenters. The van der Waals surface area contributed by atoms with Gasteiger partial charge in [0.05, 0.1) is 17.2 Å². The monoisotopic (exact) mass is 602 g/mol. The maximum atomic E-state index is 14.7. The largest absolute Gasteiger partial charge is 0.508 e. The standard InChI is InChI=1S/C36H42O8/c1-17(2)26-28(39)24(18(3)37)30(41)36(44)31(42)27-29(40)25-21(10-9-11-23(25)38)22(34(27,7)32(43)35(26,36)8)16-19-12-14-20(15-13-19)33(4,5)6/h9-15,17,22,26,32,38,40-41,43-44H,16H2,1-8H3/t22-,26?,32-,34+,35+,36+/m1/s1. The van der Waals surface area contributed by atoms with Gasteiger partial charge in [-0.05, 0) is 47.4 Å². The molecule has 8 heteroatoms. The first-order valence-corrected chi connectivity index (χ1v) is 15.1. The van der Waals surface area contributed by atoms with Gasteiger partial charge in [-0.15, -0.1) is 0 Å². The fourth-order valence-electron chi connectivity index (χ4n) is 8.43. The van der Waals surface area contributed by atoms with E-state index >= 15 is 0 Å². The van der Waals surface area contributed by atoms with E-state index in [4.69, 9.17) is 0 Å². The number of ketones is 3. The third-order valence-corrected chi connectivity index (χ3v) is 10.7. The first kappa shape index (κ1) is 31.7.